The molecular weight excluding hydrogens is 332 g/mol. The van der Waals surface area contributed by atoms with Crippen LogP contribution in [0.15, 0.2) is 24.3 Å². The van der Waals surface area contributed by atoms with E-state index in [9.17, 15) is 9.59 Å². The monoisotopic (exact) mass is 362 g/mol. The van der Waals surface area contributed by atoms with Crippen molar-refractivity contribution < 1.29 is 9.59 Å². The van der Waals surface area contributed by atoms with Crippen LogP contribution in [0.1, 0.15) is 51.0 Å². The van der Waals surface area contributed by atoms with Gasteiger partial charge in [0.25, 0.3) is 0 Å². The summed E-state index contributed by atoms with van der Waals surface area (Å²) in [5.41, 5.74) is 1.96. The molecule has 2 amide bonds. The van der Waals surface area contributed by atoms with Gasteiger partial charge in [-0.3, -0.25) is 9.59 Å². The fraction of sp³-hybridized carbons (Fsp3) is 0.600. The van der Waals surface area contributed by atoms with E-state index in [0.29, 0.717) is 11.8 Å². The Morgan fingerprint density at radius 3 is 2.36 bits per heavy atom. The molecular formula is C20H30N2O2S. The van der Waals surface area contributed by atoms with Gasteiger partial charge in [0.05, 0.1) is 11.0 Å². The summed E-state index contributed by atoms with van der Waals surface area (Å²) in [6, 6.07) is 8.09. The van der Waals surface area contributed by atoms with Crippen LogP contribution in [0.25, 0.3) is 0 Å². The molecule has 2 rings (SSSR count). The molecule has 0 aromatic heterocycles. The van der Waals surface area contributed by atoms with E-state index < -0.39 is 0 Å². The first-order chi connectivity index (χ1) is 12.0. The summed E-state index contributed by atoms with van der Waals surface area (Å²) in [6.45, 7) is 3.92. The summed E-state index contributed by atoms with van der Waals surface area (Å²) >= 11 is 1.41. The van der Waals surface area contributed by atoms with E-state index in [2.05, 4.69) is 5.32 Å². The minimum Gasteiger partial charge on any atom is -0.342 e. The van der Waals surface area contributed by atoms with Crippen LogP contribution < -0.4 is 5.32 Å². The third-order valence-electron chi connectivity index (χ3n) is 4.87. The molecule has 1 N–H and O–H groups in total. The maximum Gasteiger partial charge on any atom is 0.235 e. The molecule has 1 unspecified atom stereocenters. The van der Waals surface area contributed by atoms with Crippen molar-refractivity contribution in [3.8, 4) is 0 Å². The topological polar surface area (TPSA) is 49.4 Å². The highest BCUT2D eigenvalue weighted by molar-refractivity contribution is 8.01. The van der Waals surface area contributed by atoms with Crippen molar-refractivity contribution in [1.82, 2.24) is 4.90 Å². The van der Waals surface area contributed by atoms with Gasteiger partial charge >= 0.3 is 0 Å². The molecule has 0 spiro atoms. The van der Waals surface area contributed by atoms with E-state index in [1.54, 1.807) is 0 Å². The van der Waals surface area contributed by atoms with Gasteiger partial charge in [0, 0.05) is 18.8 Å². The molecule has 1 aliphatic rings. The number of aryl methyl sites for hydroxylation is 1. The minimum absolute atomic E-state index is 0.0642. The van der Waals surface area contributed by atoms with Gasteiger partial charge < -0.3 is 10.2 Å². The van der Waals surface area contributed by atoms with Gasteiger partial charge in [-0.15, -0.1) is 11.8 Å². The molecule has 1 saturated carbocycles. The number of nitrogens with one attached hydrogen (secondary N) is 1. The van der Waals surface area contributed by atoms with Crippen molar-refractivity contribution in [2.24, 2.45) is 0 Å². The minimum atomic E-state index is -0.197. The largest absolute Gasteiger partial charge is 0.342 e. The number of amides is 2. The zero-order chi connectivity index (χ0) is 18.2. The van der Waals surface area contributed by atoms with Crippen LogP contribution in [-0.4, -0.2) is 40.8 Å². The summed E-state index contributed by atoms with van der Waals surface area (Å²) < 4.78 is 0. The number of hydrogen-bond acceptors (Lipinski definition) is 3. The first kappa shape index (κ1) is 19.8. The molecule has 0 bridgehead atoms. The Balaban J connectivity index is 1.77. The number of benzene rings is 1. The van der Waals surface area contributed by atoms with E-state index in [-0.39, 0.29) is 17.1 Å². The quantitative estimate of drug-likeness (QED) is 0.770. The highest BCUT2D eigenvalue weighted by atomic mass is 32.2. The van der Waals surface area contributed by atoms with Crippen LogP contribution in [-0.2, 0) is 9.59 Å². The number of rotatable bonds is 6. The second kappa shape index (κ2) is 9.85. The molecule has 4 nitrogen and oxygen atoms in total. The number of thioether (sulfide) groups is 1. The highest BCUT2D eigenvalue weighted by Gasteiger charge is 2.25. The zero-order valence-corrected chi connectivity index (χ0v) is 16.4. The Labute approximate surface area is 155 Å². The summed E-state index contributed by atoms with van der Waals surface area (Å²) in [6.07, 6.45) is 7.19. The van der Waals surface area contributed by atoms with Crippen LogP contribution in [0, 0.1) is 6.92 Å². The number of anilines is 1. The predicted molar refractivity (Wildman–Crippen MR) is 106 cm³/mol. The van der Waals surface area contributed by atoms with Gasteiger partial charge in [0.2, 0.25) is 11.8 Å². The summed E-state index contributed by atoms with van der Waals surface area (Å²) in [5.74, 6) is 0.366. The van der Waals surface area contributed by atoms with Gasteiger partial charge in [-0.05, 0) is 38.8 Å². The Hall–Kier alpha value is -1.49. The molecule has 1 aliphatic carbocycles. The maximum atomic E-state index is 12.6. The van der Waals surface area contributed by atoms with Gasteiger partial charge in [0.15, 0.2) is 0 Å². The fourth-order valence-corrected chi connectivity index (χ4v) is 4.00. The van der Waals surface area contributed by atoms with Gasteiger partial charge in [-0.1, -0.05) is 43.4 Å². The number of carbonyl (C=O) groups is 2. The third kappa shape index (κ3) is 6.38. The van der Waals surface area contributed by atoms with Gasteiger partial charge in [0.1, 0.15) is 0 Å². The molecule has 1 aromatic carbocycles. The Morgan fingerprint density at radius 2 is 1.76 bits per heavy atom. The zero-order valence-electron chi connectivity index (χ0n) is 15.6. The average Bonchev–Trinajstić information content (AvgIpc) is 2.89. The fourth-order valence-electron chi connectivity index (χ4n) is 3.22. The standard InChI is InChI=1S/C20H30N2O2S/c1-15-10-12-17(13-11-15)21-19(23)14-25-16(2)20(24)22(3)18-8-6-4-5-7-9-18/h10-13,16,18H,4-9,14H2,1-3H3,(H,21,23). The summed E-state index contributed by atoms with van der Waals surface area (Å²) in [7, 11) is 1.92. The molecule has 1 fully saturated rings. The van der Waals surface area contributed by atoms with Crippen molar-refractivity contribution in [1.29, 1.82) is 0 Å². The molecule has 138 valence electrons. The van der Waals surface area contributed by atoms with Crippen LogP contribution in [0.4, 0.5) is 5.69 Å². The van der Waals surface area contributed by atoms with E-state index in [1.807, 2.05) is 50.1 Å². The van der Waals surface area contributed by atoms with Crippen LogP contribution in [0.5, 0.6) is 0 Å². The van der Waals surface area contributed by atoms with Crippen molar-refractivity contribution in [2.75, 3.05) is 18.1 Å². The Kier molecular flexibility index (Phi) is 7.82. The second-order valence-electron chi connectivity index (χ2n) is 6.96. The van der Waals surface area contributed by atoms with E-state index in [1.165, 1.54) is 37.4 Å². The number of hydrogen-bond donors (Lipinski definition) is 1. The van der Waals surface area contributed by atoms with Crippen LogP contribution in [0.3, 0.4) is 0 Å². The second-order valence-corrected chi connectivity index (χ2v) is 8.29. The summed E-state index contributed by atoms with van der Waals surface area (Å²) in [5, 5.41) is 2.68. The van der Waals surface area contributed by atoms with Crippen molar-refractivity contribution >= 4 is 29.3 Å². The highest BCUT2D eigenvalue weighted by Crippen LogP contribution is 2.23. The van der Waals surface area contributed by atoms with Gasteiger partial charge in [-0.2, -0.15) is 0 Å². The first-order valence-electron chi connectivity index (χ1n) is 9.22. The van der Waals surface area contributed by atoms with Crippen LogP contribution in [0.2, 0.25) is 0 Å². The number of carbonyl (C=O) groups excluding carboxylic acids is 2. The van der Waals surface area contributed by atoms with Crippen molar-refractivity contribution in [3.63, 3.8) is 0 Å². The molecule has 1 aromatic rings. The molecule has 1 atom stereocenters. The molecule has 25 heavy (non-hydrogen) atoms. The smallest absolute Gasteiger partial charge is 0.235 e. The SMILES string of the molecule is Cc1ccc(NC(=O)CSC(C)C(=O)N(C)C2CCCCCC2)cc1. The lowest BCUT2D eigenvalue weighted by Gasteiger charge is -2.29. The molecule has 0 saturated heterocycles. The first-order valence-corrected chi connectivity index (χ1v) is 10.3. The molecule has 0 aliphatic heterocycles. The third-order valence-corrected chi connectivity index (χ3v) is 6.00. The maximum absolute atomic E-state index is 12.6. The van der Waals surface area contributed by atoms with Crippen molar-refractivity contribution in [3.05, 3.63) is 29.8 Å². The van der Waals surface area contributed by atoms with E-state index in [4.69, 9.17) is 0 Å². The normalized spacial score (nSPS) is 16.8. The van der Waals surface area contributed by atoms with E-state index in [0.717, 1.165) is 24.1 Å². The van der Waals surface area contributed by atoms with E-state index >= 15 is 0 Å². The lowest BCUT2D eigenvalue weighted by molar-refractivity contribution is -0.131. The molecule has 0 radical (unpaired) electrons. The lowest BCUT2D eigenvalue weighted by atomic mass is 10.1. The Bertz CT molecular complexity index is 566. The molecule has 0 heterocycles. The summed E-state index contributed by atoms with van der Waals surface area (Å²) in [4.78, 5) is 26.6. The van der Waals surface area contributed by atoms with Crippen molar-refractivity contribution in [2.45, 2.75) is 63.7 Å². The average molecular weight is 363 g/mol. The van der Waals surface area contributed by atoms with Crippen LogP contribution >= 0.6 is 11.8 Å². The molecule has 5 heteroatoms. The van der Waals surface area contributed by atoms with Gasteiger partial charge in [-0.25, -0.2) is 0 Å². The number of nitrogens with zero attached hydrogens (tertiary/aromatic N) is 1. The lowest BCUT2D eigenvalue weighted by Crippen LogP contribution is -2.41. The predicted octanol–water partition coefficient (Wildman–Crippen LogP) is 4.24. The Morgan fingerprint density at radius 1 is 1.16 bits per heavy atom.